The van der Waals surface area contributed by atoms with Crippen LogP contribution in [0.5, 0.6) is 0 Å². The molecule has 2 amide bonds. The van der Waals surface area contributed by atoms with Gasteiger partial charge in [-0.15, -0.1) is 0 Å². The van der Waals surface area contributed by atoms with Gasteiger partial charge in [-0.25, -0.2) is 8.42 Å². The van der Waals surface area contributed by atoms with E-state index in [1.54, 1.807) is 54.6 Å². The molecule has 3 aromatic carbocycles. The second kappa shape index (κ2) is 9.56. The Hall–Kier alpha value is -3.49. The van der Waals surface area contributed by atoms with Gasteiger partial charge in [0.1, 0.15) is 6.04 Å². The van der Waals surface area contributed by atoms with Crippen molar-refractivity contribution in [2.75, 3.05) is 10.6 Å². The summed E-state index contributed by atoms with van der Waals surface area (Å²) in [6.07, 6.45) is 1.64. The summed E-state index contributed by atoms with van der Waals surface area (Å²) in [5, 5.41) is 5.55. The number of carbonyl (C=O) groups is 2. The highest BCUT2D eigenvalue weighted by Gasteiger charge is 2.28. The molecule has 7 nitrogen and oxygen atoms in total. The quantitative estimate of drug-likeness (QED) is 0.496. The van der Waals surface area contributed by atoms with Crippen molar-refractivity contribution >= 4 is 33.2 Å². The van der Waals surface area contributed by atoms with Crippen LogP contribution < -0.4 is 15.4 Å². The molecule has 0 bridgehead atoms. The first-order valence-electron chi connectivity index (χ1n) is 10.8. The molecule has 170 valence electrons. The summed E-state index contributed by atoms with van der Waals surface area (Å²) >= 11 is 0. The van der Waals surface area contributed by atoms with Crippen LogP contribution in [0.15, 0.2) is 77.7 Å². The number of hydrogen-bond donors (Lipinski definition) is 3. The minimum atomic E-state index is -4.03. The van der Waals surface area contributed by atoms with Gasteiger partial charge in [0.2, 0.25) is 21.8 Å². The minimum Gasteiger partial charge on any atom is -0.326 e. The van der Waals surface area contributed by atoms with Crippen molar-refractivity contribution in [1.29, 1.82) is 0 Å². The third-order valence-electron chi connectivity index (χ3n) is 5.58. The Morgan fingerprint density at radius 3 is 2.42 bits per heavy atom. The van der Waals surface area contributed by atoms with E-state index >= 15 is 0 Å². The zero-order valence-corrected chi connectivity index (χ0v) is 19.0. The number of fused-ring (bicyclic) bond motifs is 1. The Morgan fingerprint density at radius 2 is 1.73 bits per heavy atom. The third kappa shape index (κ3) is 5.30. The smallest absolute Gasteiger partial charge is 0.247 e. The summed E-state index contributed by atoms with van der Waals surface area (Å²) in [4.78, 5) is 24.8. The number of amides is 2. The normalized spacial score (nSPS) is 14.2. The van der Waals surface area contributed by atoms with Crippen LogP contribution in [-0.4, -0.2) is 20.2 Å². The van der Waals surface area contributed by atoms with Gasteiger partial charge in [-0.05, 0) is 59.9 Å². The first-order chi connectivity index (χ1) is 15.9. The summed E-state index contributed by atoms with van der Waals surface area (Å²) in [6, 6.07) is 19.6. The molecule has 3 N–H and O–H groups in total. The predicted octanol–water partition coefficient (Wildman–Crippen LogP) is 3.79. The van der Waals surface area contributed by atoms with Crippen molar-refractivity contribution in [2.45, 2.75) is 37.1 Å². The van der Waals surface area contributed by atoms with Gasteiger partial charge in [0.05, 0.1) is 4.90 Å². The Morgan fingerprint density at radius 1 is 1.00 bits per heavy atom. The van der Waals surface area contributed by atoms with E-state index in [0.717, 1.165) is 17.5 Å². The summed E-state index contributed by atoms with van der Waals surface area (Å²) in [6.45, 7) is 2.04. The first kappa shape index (κ1) is 22.7. The van der Waals surface area contributed by atoms with Crippen LogP contribution in [0.3, 0.4) is 0 Å². The van der Waals surface area contributed by atoms with Gasteiger partial charge in [-0.3, -0.25) is 9.59 Å². The molecule has 8 heteroatoms. The van der Waals surface area contributed by atoms with Gasteiger partial charge >= 0.3 is 0 Å². The van der Waals surface area contributed by atoms with E-state index in [9.17, 15) is 18.0 Å². The van der Waals surface area contributed by atoms with Crippen molar-refractivity contribution in [3.05, 3.63) is 89.5 Å². The Kier molecular flexibility index (Phi) is 6.57. The van der Waals surface area contributed by atoms with E-state index in [1.807, 2.05) is 19.1 Å². The van der Waals surface area contributed by atoms with Crippen LogP contribution in [-0.2, 0) is 32.5 Å². The maximum atomic E-state index is 13.2. The van der Waals surface area contributed by atoms with Gasteiger partial charge in [-0.2, -0.15) is 4.72 Å². The highest BCUT2D eigenvalue weighted by Crippen LogP contribution is 2.27. The van der Waals surface area contributed by atoms with Crippen molar-refractivity contribution < 1.29 is 18.0 Å². The zero-order valence-electron chi connectivity index (χ0n) is 18.2. The molecule has 1 unspecified atom stereocenters. The first-order valence-corrected chi connectivity index (χ1v) is 12.2. The molecule has 1 aliphatic heterocycles. The monoisotopic (exact) mass is 463 g/mol. The fraction of sp³-hybridized carbons (Fsp3) is 0.200. The average molecular weight is 464 g/mol. The minimum absolute atomic E-state index is 0.0402. The SMILES string of the molecule is CCc1ccc(NC(=O)C(NS(=O)(=O)c2ccc3c(c2)CCC(=O)N3)c2ccccc2)cc1. The van der Waals surface area contributed by atoms with E-state index in [1.165, 1.54) is 6.07 Å². The largest absolute Gasteiger partial charge is 0.326 e. The number of hydrogen-bond acceptors (Lipinski definition) is 4. The highest BCUT2D eigenvalue weighted by molar-refractivity contribution is 7.89. The Labute approximate surface area is 193 Å². The molecule has 33 heavy (non-hydrogen) atoms. The lowest BCUT2D eigenvalue weighted by atomic mass is 10.0. The van der Waals surface area contributed by atoms with E-state index in [0.29, 0.717) is 29.8 Å². The number of aryl methyl sites for hydroxylation is 2. The van der Waals surface area contributed by atoms with Gasteiger partial charge in [0.15, 0.2) is 0 Å². The van der Waals surface area contributed by atoms with Crippen LogP contribution in [0.1, 0.15) is 36.1 Å². The fourth-order valence-corrected chi connectivity index (χ4v) is 4.94. The van der Waals surface area contributed by atoms with Gasteiger partial charge in [0, 0.05) is 17.8 Å². The van der Waals surface area contributed by atoms with E-state index in [2.05, 4.69) is 15.4 Å². The molecule has 4 rings (SSSR count). The number of anilines is 2. The number of carbonyl (C=O) groups excluding carboxylic acids is 2. The summed E-state index contributed by atoms with van der Waals surface area (Å²) in [7, 11) is -4.03. The van der Waals surface area contributed by atoms with E-state index in [-0.39, 0.29) is 10.8 Å². The summed E-state index contributed by atoms with van der Waals surface area (Å²) < 4.78 is 29.0. The van der Waals surface area contributed by atoms with Crippen molar-refractivity contribution in [3.8, 4) is 0 Å². The molecule has 3 aromatic rings. The molecule has 0 saturated carbocycles. The molecule has 0 radical (unpaired) electrons. The maximum Gasteiger partial charge on any atom is 0.247 e. The Balaban J connectivity index is 1.61. The molecule has 0 aliphatic carbocycles. The van der Waals surface area contributed by atoms with Crippen LogP contribution >= 0.6 is 0 Å². The maximum absolute atomic E-state index is 13.2. The lowest BCUT2D eigenvalue weighted by molar-refractivity contribution is -0.118. The average Bonchev–Trinajstić information content (AvgIpc) is 2.83. The highest BCUT2D eigenvalue weighted by atomic mass is 32.2. The van der Waals surface area contributed by atoms with Crippen LogP contribution in [0.4, 0.5) is 11.4 Å². The summed E-state index contributed by atoms with van der Waals surface area (Å²) in [5.74, 6) is -0.580. The van der Waals surface area contributed by atoms with E-state index in [4.69, 9.17) is 0 Å². The molecule has 1 atom stereocenters. The molecule has 1 aliphatic rings. The third-order valence-corrected chi connectivity index (χ3v) is 7.00. The molecule has 0 saturated heterocycles. The predicted molar refractivity (Wildman–Crippen MR) is 127 cm³/mol. The Bertz CT molecular complexity index is 1270. The van der Waals surface area contributed by atoms with Crippen LogP contribution in [0, 0.1) is 0 Å². The molecule has 0 spiro atoms. The van der Waals surface area contributed by atoms with Crippen molar-refractivity contribution in [2.24, 2.45) is 0 Å². The van der Waals surface area contributed by atoms with Crippen LogP contribution in [0.25, 0.3) is 0 Å². The second-order valence-electron chi connectivity index (χ2n) is 7.87. The molecule has 0 fully saturated rings. The number of benzene rings is 3. The topological polar surface area (TPSA) is 104 Å². The fourth-order valence-electron chi connectivity index (χ4n) is 3.71. The van der Waals surface area contributed by atoms with Crippen molar-refractivity contribution in [1.82, 2.24) is 4.72 Å². The standard InChI is InChI=1S/C25H25N3O4S/c1-2-17-8-11-20(12-9-17)26-25(30)24(18-6-4-3-5-7-18)28-33(31,32)21-13-14-22-19(16-21)10-15-23(29)27-22/h3-9,11-14,16,24,28H,2,10,15H2,1H3,(H,26,30)(H,27,29). The van der Waals surface area contributed by atoms with Crippen LogP contribution in [0.2, 0.25) is 0 Å². The van der Waals surface area contributed by atoms with Gasteiger partial charge < -0.3 is 10.6 Å². The molecule has 0 aromatic heterocycles. The lowest BCUT2D eigenvalue weighted by Gasteiger charge is -2.21. The molecular weight excluding hydrogens is 438 g/mol. The summed E-state index contributed by atoms with van der Waals surface area (Å²) in [5.41, 5.74) is 3.60. The molecule has 1 heterocycles. The van der Waals surface area contributed by atoms with Gasteiger partial charge in [-0.1, -0.05) is 49.4 Å². The second-order valence-corrected chi connectivity index (χ2v) is 9.59. The number of rotatable bonds is 7. The number of sulfonamides is 1. The lowest BCUT2D eigenvalue weighted by Crippen LogP contribution is -2.37. The van der Waals surface area contributed by atoms with Gasteiger partial charge in [0.25, 0.3) is 0 Å². The number of nitrogens with one attached hydrogen (secondary N) is 3. The van der Waals surface area contributed by atoms with Crippen molar-refractivity contribution in [3.63, 3.8) is 0 Å². The molecular formula is C25H25N3O4S. The van der Waals surface area contributed by atoms with E-state index < -0.39 is 22.0 Å². The zero-order chi connectivity index (χ0) is 23.4.